The highest BCUT2D eigenvalue weighted by atomic mass is 16.2. The maximum atomic E-state index is 12.1. The summed E-state index contributed by atoms with van der Waals surface area (Å²) in [6.07, 6.45) is 0.761. The van der Waals surface area contributed by atoms with Gasteiger partial charge in [-0.15, -0.1) is 0 Å². The van der Waals surface area contributed by atoms with Crippen LogP contribution in [0.5, 0.6) is 0 Å². The number of aryl methyl sites for hydroxylation is 1. The number of nitrogens with one attached hydrogen (secondary N) is 1. The van der Waals surface area contributed by atoms with E-state index in [1.165, 1.54) is 5.56 Å². The number of carbonyl (C=O) groups is 2. The van der Waals surface area contributed by atoms with Crippen LogP contribution in [0.15, 0.2) is 24.3 Å². The van der Waals surface area contributed by atoms with E-state index < -0.39 is 0 Å². The fraction of sp³-hybridized carbons (Fsp3) is 0.529. The largest absolute Gasteiger partial charge is 0.351 e. The first-order valence-corrected chi connectivity index (χ1v) is 7.41. The van der Waals surface area contributed by atoms with Gasteiger partial charge in [0.15, 0.2) is 0 Å². The minimum Gasteiger partial charge on any atom is -0.351 e. The SMILES string of the molecule is Cc1ccc(CC(=O)NC2CC(=O)N(C(C)(C)C)C2)cc1. The molecule has 1 saturated heterocycles. The van der Waals surface area contributed by atoms with E-state index in [2.05, 4.69) is 5.32 Å². The molecule has 1 N–H and O–H groups in total. The van der Waals surface area contributed by atoms with Crippen molar-refractivity contribution in [1.82, 2.24) is 10.2 Å². The van der Waals surface area contributed by atoms with Gasteiger partial charge in [-0.2, -0.15) is 0 Å². The van der Waals surface area contributed by atoms with Gasteiger partial charge in [-0.3, -0.25) is 9.59 Å². The van der Waals surface area contributed by atoms with Gasteiger partial charge in [0.2, 0.25) is 11.8 Å². The Morgan fingerprint density at radius 1 is 1.29 bits per heavy atom. The molecule has 0 bridgehead atoms. The van der Waals surface area contributed by atoms with Gasteiger partial charge in [-0.25, -0.2) is 0 Å². The average Bonchev–Trinajstić information content (AvgIpc) is 2.73. The van der Waals surface area contributed by atoms with Gasteiger partial charge in [-0.05, 0) is 33.3 Å². The Kier molecular flexibility index (Phi) is 4.35. The first kappa shape index (κ1) is 15.5. The molecule has 1 aliphatic rings. The summed E-state index contributed by atoms with van der Waals surface area (Å²) in [5, 5.41) is 2.97. The van der Waals surface area contributed by atoms with Crippen molar-refractivity contribution >= 4 is 11.8 Å². The number of hydrogen-bond acceptors (Lipinski definition) is 2. The van der Waals surface area contributed by atoms with Crippen LogP contribution < -0.4 is 5.32 Å². The maximum absolute atomic E-state index is 12.1. The van der Waals surface area contributed by atoms with Crippen molar-refractivity contribution in [2.24, 2.45) is 0 Å². The van der Waals surface area contributed by atoms with Crippen LogP contribution in [0.4, 0.5) is 0 Å². The van der Waals surface area contributed by atoms with Crippen molar-refractivity contribution in [2.45, 2.75) is 52.1 Å². The topological polar surface area (TPSA) is 49.4 Å². The molecule has 21 heavy (non-hydrogen) atoms. The second-order valence-corrected chi connectivity index (χ2v) is 6.81. The van der Waals surface area contributed by atoms with Crippen LogP contribution in [0.25, 0.3) is 0 Å². The van der Waals surface area contributed by atoms with Crippen molar-refractivity contribution < 1.29 is 9.59 Å². The van der Waals surface area contributed by atoms with Crippen LogP contribution in [-0.2, 0) is 16.0 Å². The highest BCUT2D eigenvalue weighted by Crippen LogP contribution is 2.21. The summed E-state index contributed by atoms with van der Waals surface area (Å²) in [5.41, 5.74) is 1.99. The van der Waals surface area contributed by atoms with Crippen LogP contribution in [0.1, 0.15) is 38.3 Å². The van der Waals surface area contributed by atoms with Gasteiger partial charge in [0.05, 0.1) is 12.5 Å². The third-order valence-corrected chi connectivity index (χ3v) is 3.79. The number of carbonyl (C=O) groups excluding carboxylic acids is 2. The number of likely N-dealkylation sites (tertiary alicyclic amines) is 1. The zero-order valence-electron chi connectivity index (χ0n) is 13.3. The quantitative estimate of drug-likeness (QED) is 0.925. The zero-order chi connectivity index (χ0) is 15.6. The number of nitrogens with zero attached hydrogens (tertiary/aromatic N) is 1. The third-order valence-electron chi connectivity index (χ3n) is 3.79. The molecule has 0 saturated carbocycles. The van der Waals surface area contributed by atoms with Crippen LogP contribution in [-0.4, -0.2) is 34.8 Å². The van der Waals surface area contributed by atoms with E-state index in [0.29, 0.717) is 19.4 Å². The van der Waals surface area contributed by atoms with Crippen molar-refractivity contribution in [3.8, 4) is 0 Å². The molecule has 1 unspecified atom stereocenters. The smallest absolute Gasteiger partial charge is 0.225 e. The summed E-state index contributed by atoms with van der Waals surface area (Å²) in [7, 11) is 0. The molecule has 0 spiro atoms. The van der Waals surface area contributed by atoms with Gasteiger partial charge in [0.1, 0.15) is 0 Å². The lowest BCUT2D eigenvalue weighted by molar-refractivity contribution is -0.131. The Hall–Kier alpha value is -1.84. The fourth-order valence-electron chi connectivity index (χ4n) is 2.62. The molecule has 1 atom stereocenters. The lowest BCUT2D eigenvalue weighted by atomic mass is 10.1. The Morgan fingerprint density at radius 2 is 1.90 bits per heavy atom. The van der Waals surface area contributed by atoms with E-state index in [4.69, 9.17) is 0 Å². The summed E-state index contributed by atoms with van der Waals surface area (Å²) in [4.78, 5) is 25.9. The van der Waals surface area contributed by atoms with Crippen molar-refractivity contribution in [1.29, 1.82) is 0 Å². The lowest BCUT2D eigenvalue weighted by Crippen LogP contribution is -2.44. The second kappa shape index (κ2) is 5.88. The molecule has 1 aliphatic heterocycles. The molecule has 4 nitrogen and oxygen atoms in total. The maximum Gasteiger partial charge on any atom is 0.225 e. The van der Waals surface area contributed by atoms with Crippen molar-refractivity contribution in [3.05, 3.63) is 35.4 Å². The molecular weight excluding hydrogens is 264 g/mol. The van der Waals surface area contributed by atoms with E-state index in [1.54, 1.807) is 0 Å². The van der Waals surface area contributed by atoms with Gasteiger partial charge in [0, 0.05) is 18.5 Å². The van der Waals surface area contributed by atoms with E-state index >= 15 is 0 Å². The molecule has 4 heteroatoms. The van der Waals surface area contributed by atoms with E-state index in [-0.39, 0.29) is 23.4 Å². The molecule has 0 aromatic heterocycles. The molecule has 2 amide bonds. The van der Waals surface area contributed by atoms with E-state index in [1.807, 2.05) is 56.9 Å². The van der Waals surface area contributed by atoms with Crippen molar-refractivity contribution in [3.63, 3.8) is 0 Å². The van der Waals surface area contributed by atoms with Crippen LogP contribution in [0.2, 0.25) is 0 Å². The molecule has 1 heterocycles. The Labute approximate surface area is 126 Å². The van der Waals surface area contributed by atoms with Gasteiger partial charge >= 0.3 is 0 Å². The van der Waals surface area contributed by atoms with Gasteiger partial charge in [-0.1, -0.05) is 29.8 Å². The Morgan fingerprint density at radius 3 is 2.43 bits per heavy atom. The summed E-state index contributed by atoms with van der Waals surface area (Å²) < 4.78 is 0. The second-order valence-electron chi connectivity index (χ2n) is 6.81. The predicted octanol–water partition coefficient (Wildman–Crippen LogP) is 2.05. The van der Waals surface area contributed by atoms with Crippen LogP contribution >= 0.6 is 0 Å². The summed E-state index contributed by atoms with van der Waals surface area (Å²) in [6, 6.07) is 7.87. The van der Waals surface area contributed by atoms with Gasteiger partial charge < -0.3 is 10.2 Å². The first-order valence-electron chi connectivity index (χ1n) is 7.41. The number of rotatable bonds is 3. The minimum atomic E-state index is -0.187. The Bertz CT molecular complexity index is 529. The minimum absolute atomic E-state index is 0.0209. The predicted molar refractivity (Wildman–Crippen MR) is 82.9 cm³/mol. The molecule has 2 rings (SSSR count). The van der Waals surface area contributed by atoms with Crippen molar-refractivity contribution in [2.75, 3.05) is 6.54 Å². The molecule has 0 radical (unpaired) electrons. The number of hydrogen-bond donors (Lipinski definition) is 1. The van der Waals surface area contributed by atoms with Gasteiger partial charge in [0.25, 0.3) is 0 Å². The third kappa shape index (κ3) is 4.06. The summed E-state index contributed by atoms with van der Waals surface area (Å²) in [5.74, 6) is 0.0931. The average molecular weight is 288 g/mol. The fourth-order valence-corrected chi connectivity index (χ4v) is 2.62. The first-order chi connectivity index (χ1) is 9.75. The zero-order valence-corrected chi connectivity index (χ0v) is 13.3. The molecule has 114 valence electrons. The molecular formula is C17H24N2O2. The highest BCUT2D eigenvalue weighted by molar-refractivity contribution is 5.83. The summed E-state index contributed by atoms with van der Waals surface area (Å²) >= 11 is 0. The normalized spacial score (nSPS) is 19.0. The molecule has 1 aromatic carbocycles. The molecule has 1 fully saturated rings. The molecule has 0 aliphatic carbocycles. The number of amides is 2. The lowest BCUT2D eigenvalue weighted by Gasteiger charge is -2.32. The van der Waals surface area contributed by atoms with E-state index in [0.717, 1.165) is 5.56 Å². The summed E-state index contributed by atoms with van der Waals surface area (Å²) in [6.45, 7) is 8.67. The molecule has 1 aromatic rings. The highest BCUT2D eigenvalue weighted by Gasteiger charge is 2.36. The van der Waals surface area contributed by atoms with E-state index in [9.17, 15) is 9.59 Å². The monoisotopic (exact) mass is 288 g/mol. The number of benzene rings is 1. The Balaban J connectivity index is 1.89. The standard InChI is InChI=1S/C17H24N2O2/c1-12-5-7-13(8-6-12)9-15(20)18-14-10-16(21)19(11-14)17(2,3)4/h5-8,14H,9-11H2,1-4H3,(H,18,20). The van der Waals surface area contributed by atoms with Crippen LogP contribution in [0, 0.1) is 6.92 Å². The van der Waals surface area contributed by atoms with Crippen LogP contribution in [0.3, 0.4) is 0 Å².